The standard InChI is InChI=1S/C12H15N3O4/c1-18-11(17)6-10(16)9-7-13-12(14-8-9)15-2-4-19-5-3-15/h7-8H,2-6H2,1H3. The van der Waals surface area contributed by atoms with Crippen molar-refractivity contribution in [2.24, 2.45) is 0 Å². The number of morpholine rings is 1. The number of hydrogen-bond acceptors (Lipinski definition) is 7. The van der Waals surface area contributed by atoms with Crippen molar-refractivity contribution in [3.63, 3.8) is 0 Å². The molecule has 0 aromatic carbocycles. The lowest BCUT2D eigenvalue weighted by Gasteiger charge is -2.26. The van der Waals surface area contributed by atoms with Gasteiger partial charge < -0.3 is 14.4 Å². The number of anilines is 1. The molecular formula is C12H15N3O4. The maximum absolute atomic E-state index is 11.7. The summed E-state index contributed by atoms with van der Waals surface area (Å²) >= 11 is 0. The van der Waals surface area contributed by atoms with Gasteiger partial charge in [-0.3, -0.25) is 9.59 Å². The van der Waals surface area contributed by atoms with Crippen molar-refractivity contribution in [2.45, 2.75) is 6.42 Å². The minimum Gasteiger partial charge on any atom is -0.469 e. The number of methoxy groups -OCH3 is 1. The van der Waals surface area contributed by atoms with Crippen molar-refractivity contribution < 1.29 is 19.1 Å². The van der Waals surface area contributed by atoms with Gasteiger partial charge in [0.15, 0.2) is 5.78 Å². The van der Waals surface area contributed by atoms with Crippen molar-refractivity contribution in [3.05, 3.63) is 18.0 Å². The molecule has 1 aliphatic heterocycles. The lowest BCUT2D eigenvalue weighted by atomic mass is 10.2. The summed E-state index contributed by atoms with van der Waals surface area (Å²) in [5.41, 5.74) is 0.308. The zero-order chi connectivity index (χ0) is 13.7. The number of hydrogen-bond donors (Lipinski definition) is 0. The van der Waals surface area contributed by atoms with Gasteiger partial charge in [0.05, 0.1) is 25.9 Å². The molecule has 2 heterocycles. The molecule has 1 aliphatic rings. The van der Waals surface area contributed by atoms with Crippen LogP contribution in [0.5, 0.6) is 0 Å². The largest absolute Gasteiger partial charge is 0.469 e. The predicted molar refractivity (Wildman–Crippen MR) is 66.0 cm³/mol. The van der Waals surface area contributed by atoms with Crippen LogP contribution in [-0.2, 0) is 14.3 Å². The number of ketones is 1. The van der Waals surface area contributed by atoms with Crippen molar-refractivity contribution in [3.8, 4) is 0 Å². The summed E-state index contributed by atoms with van der Waals surface area (Å²) in [5, 5.41) is 0. The molecule has 0 bridgehead atoms. The molecule has 102 valence electrons. The van der Waals surface area contributed by atoms with Gasteiger partial charge in [0.25, 0.3) is 0 Å². The number of rotatable bonds is 4. The fourth-order valence-corrected chi connectivity index (χ4v) is 1.70. The van der Waals surface area contributed by atoms with Crippen molar-refractivity contribution in [1.29, 1.82) is 0 Å². The molecule has 0 spiro atoms. The topological polar surface area (TPSA) is 81.6 Å². The Labute approximate surface area is 110 Å². The van der Waals surface area contributed by atoms with Gasteiger partial charge in [-0.15, -0.1) is 0 Å². The van der Waals surface area contributed by atoms with Gasteiger partial charge >= 0.3 is 5.97 Å². The van der Waals surface area contributed by atoms with Crippen LogP contribution in [0.2, 0.25) is 0 Å². The Bertz CT molecular complexity index is 455. The van der Waals surface area contributed by atoms with E-state index in [1.807, 2.05) is 4.90 Å². The molecule has 0 N–H and O–H groups in total. The highest BCUT2D eigenvalue weighted by Gasteiger charge is 2.16. The van der Waals surface area contributed by atoms with Crippen LogP contribution < -0.4 is 4.90 Å². The van der Waals surface area contributed by atoms with Crippen LogP contribution in [0.1, 0.15) is 16.8 Å². The average molecular weight is 265 g/mol. The predicted octanol–water partition coefficient (Wildman–Crippen LogP) is 0.0590. The van der Waals surface area contributed by atoms with Gasteiger partial charge in [-0.05, 0) is 0 Å². The summed E-state index contributed by atoms with van der Waals surface area (Å²) in [6, 6.07) is 0. The SMILES string of the molecule is COC(=O)CC(=O)c1cnc(N2CCOCC2)nc1. The second-order valence-electron chi connectivity index (χ2n) is 4.05. The third-order valence-electron chi connectivity index (χ3n) is 2.79. The first-order valence-electron chi connectivity index (χ1n) is 5.95. The molecule has 1 fully saturated rings. The van der Waals surface area contributed by atoms with E-state index in [-0.39, 0.29) is 12.2 Å². The van der Waals surface area contributed by atoms with E-state index in [4.69, 9.17) is 4.74 Å². The molecule has 7 heteroatoms. The van der Waals surface area contributed by atoms with Crippen LogP contribution >= 0.6 is 0 Å². The average Bonchev–Trinajstić information content (AvgIpc) is 2.48. The summed E-state index contributed by atoms with van der Waals surface area (Å²) < 4.78 is 9.68. The van der Waals surface area contributed by atoms with Gasteiger partial charge in [0.2, 0.25) is 5.95 Å². The maximum Gasteiger partial charge on any atom is 0.313 e. The minimum absolute atomic E-state index is 0.295. The number of esters is 1. The van der Waals surface area contributed by atoms with Crippen LogP contribution in [0.25, 0.3) is 0 Å². The molecule has 2 rings (SSSR count). The van der Waals surface area contributed by atoms with E-state index < -0.39 is 5.97 Å². The van der Waals surface area contributed by atoms with Crippen LogP contribution in [0.15, 0.2) is 12.4 Å². The van der Waals surface area contributed by atoms with E-state index in [1.165, 1.54) is 19.5 Å². The van der Waals surface area contributed by atoms with Gasteiger partial charge in [-0.25, -0.2) is 9.97 Å². The summed E-state index contributed by atoms with van der Waals surface area (Å²) in [6.07, 6.45) is 2.57. The summed E-state index contributed by atoms with van der Waals surface area (Å²) in [7, 11) is 1.24. The lowest BCUT2D eigenvalue weighted by molar-refractivity contribution is -0.139. The van der Waals surface area contributed by atoms with Crippen LogP contribution in [-0.4, -0.2) is 55.1 Å². The fraction of sp³-hybridized carbons (Fsp3) is 0.500. The normalized spacial score (nSPS) is 15.1. The molecule has 0 aliphatic carbocycles. The van der Waals surface area contributed by atoms with Gasteiger partial charge in [0.1, 0.15) is 6.42 Å². The molecule has 0 radical (unpaired) electrons. The monoisotopic (exact) mass is 265 g/mol. The lowest BCUT2D eigenvalue weighted by Crippen LogP contribution is -2.37. The zero-order valence-electron chi connectivity index (χ0n) is 10.7. The Morgan fingerprint density at radius 2 is 1.95 bits per heavy atom. The number of carbonyl (C=O) groups is 2. The van der Waals surface area contributed by atoms with E-state index in [9.17, 15) is 9.59 Å². The van der Waals surface area contributed by atoms with E-state index in [2.05, 4.69) is 14.7 Å². The summed E-state index contributed by atoms with van der Waals surface area (Å²) in [6.45, 7) is 2.75. The second-order valence-corrected chi connectivity index (χ2v) is 4.05. The molecule has 0 unspecified atom stereocenters. The summed E-state index contributed by atoms with van der Waals surface area (Å²) in [5.74, 6) is -0.347. The molecule has 1 aromatic heterocycles. The van der Waals surface area contributed by atoms with Crippen molar-refractivity contribution in [1.82, 2.24) is 9.97 Å². The first kappa shape index (κ1) is 13.4. The first-order valence-corrected chi connectivity index (χ1v) is 5.95. The molecular weight excluding hydrogens is 250 g/mol. The molecule has 1 saturated heterocycles. The minimum atomic E-state index is -0.567. The number of carbonyl (C=O) groups excluding carboxylic acids is 2. The molecule has 0 amide bonds. The third kappa shape index (κ3) is 3.47. The molecule has 0 saturated carbocycles. The molecule has 19 heavy (non-hydrogen) atoms. The Hall–Kier alpha value is -2.02. The van der Waals surface area contributed by atoms with Crippen LogP contribution in [0.4, 0.5) is 5.95 Å². The quantitative estimate of drug-likeness (QED) is 0.432. The number of ether oxygens (including phenoxy) is 2. The Balaban J connectivity index is 2.01. The number of Topliss-reactive ketones (excluding diaryl/α,β-unsaturated/α-hetero) is 1. The highest BCUT2D eigenvalue weighted by molar-refractivity contribution is 6.05. The second kappa shape index (κ2) is 6.24. The Morgan fingerprint density at radius 1 is 1.32 bits per heavy atom. The molecule has 0 atom stereocenters. The van der Waals surface area contributed by atoms with E-state index in [1.54, 1.807) is 0 Å². The Morgan fingerprint density at radius 3 is 2.53 bits per heavy atom. The van der Waals surface area contributed by atoms with Gasteiger partial charge in [0, 0.05) is 25.5 Å². The van der Waals surface area contributed by atoms with Crippen molar-refractivity contribution in [2.75, 3.05) is 38.3 Å². The summed E-state index contributed by atoms with van der Waals surface area (Å²) in [4.78, 5) is 33.0. The maximum atomic E-state index is 11.7. The fourth-order valence-electron chi connectivity index (χ4n) is 1.70. The van der Waals surface area contributed by atoms with E-state index in [0.29, 0.717) is 24.7 Å². The smallest absolute Gasteiger partial charge is 0.313 e. The molecule has 7 nitrogen and oxygen atoms in total. The first-order chi connectivity index (χ1) is 9.20. The number of aromatic nitrogens is 2. The van der Waals surface area contributed by atoms with Crippen LogP contribution in [0, 0.1) is 0 Å². The van der Waals surface area contributed by atoms with E-state index in [0.717, 1.165) is 13.1 Å². The van der Waals surface area contributed by atoms with Gasteiger partial charge in [-0.2, -0.15) is 0 Å². The zero-order valence-corrected chi connectivity index (χ0v) is 10.7. The third-order valence-corrected chi connectivity index (χ3v) is 2.79. The van der Waals surface area contributed by atoms with Gasteiger partial charge in [-0.1, -0.05) is 0 Å². The highest BCUT2D eigenvalue weighted by atomic mass is 16.5. The molecule has 1 aromatic rings. The number of nitrogens with zero attached hydrogens (tertiary/aromatic N) is 3. The van der Waals surface area contributed by atoms with Crippen LogP contribution in [0.3, 0.4) is 0 Å². The van der Waals surface area contributed by atoms with E-state index >= 15 is 0 Å². The highest BCUT2D eigenvalue weighted by Crippen LogP contribution is 2.10. The van der Waals surface area contributed by atoms with Crippen molar-refractivity contribution >= 4 is 17.7 Å². The Kier molecular flexibility index (Phi) is 4.40.